The van der Waals surface area contributed by atoms with Crippen LogP contribution in [0.1, 0.15) is 18.1 Å². The summed E-state index contributed by atoms with van der Waals surface area (Å²) in [6.45, 7) is 6.34. The lowest BCUT2D eigenvalue weighted by Gasteiger charge is -2.10. The molecule has 0 bridgehead atoms. The normalized spacial score (nSPS) is 10.8. The Labute approximate surface area is 151 Å². The average Bonchev–Trinajstić information content (AvgIpc) is 3.04. The van der Waals surface area contributed by atoms with Crippen LogP contribution in [0, 0.1) is 13.8 Å². The Balaban J connectivity index is 1.98. The highest BCUT2D eigenvalue weighted by atomic mass is 32.2. The predicted molar refractivity (Wildman–Crippen MR) is 103 cm³/mol. The van der Waals surface area contributed by atoms with E-state index in [9.17, 15) is 0 Å². The highest BCUT2D eigenvalue weighted by molar-refractivity contribution is 7.99. The minimum Gasteiger partial charge on any atom is -0.497 e. The third kappa shape index (κ3) is 3.47. The quantitative estimate of drug-likeness (QED) is 0.557. The molecule has 0 spiro atoms. The van der Waals surface area contributed by atoms with Crippen LogP contribution in [0.2, 0.25) is 0 Å². The van der Waals surface area contributed by atoms with Crippen molar-refractivity contribution in [2.45, 2.75) is 25.8 Å². The van der Waals surface area contributed by atoms with Gasteiger partial charge in [-0.15, -0.1) is 23.1 Å². The Morgan fingerprint density at radius 3 is 2.58 bits per heavy atom. The highest BCUT2D eigenvalue weighted by Crippen LogP contribution is 2.34. The molecule has 2 heterocycles. The SMILES string of the molecule is CCSc1cc(-c2nc(-c3c(C)cc(OC)cc3C)cs2)ccn1. The molecule has 0 aliphatic rings. The monoisotopic (exact) mass is 356 g/mol. The molecule has 1 aromatic carbocycles. The first-order valence-corrected chi connectivity index (χ1v) is 9.69. The van der Waals surface area contributed by atoms with Crippen LogP contribution in [-0.4, -0.2) is 22.8 Å². The number of aryl methyl sites for hydroxylation is 2. The number of ether oxygens (including phenoxy) is 1. The molecule has 3 nitrogen and oxygen atoms in total. The molecule has 0 saturated carbocycles. The summed E-state index contributed by atoms with van der Waals surface area (Å²) in [6.07, 6.45) is 1.86. The van der Waals surface area contributed by atoms with Crippen molar-refractivity contribution < 1.29 is 4.74 Å². The van der Waals surface area contributed by atoms with Gasteiger partial charge in [0.15, 0.2) is 0 Å². The summed E-state index contributed by atoms with van der Waals surface area (Å²) in [5.74, 6) is 1.91. The van der Waals surface area contributed by atoms with Gasteiger partial charge in [-0.25, -0.2) is 9.97 Å². The topological polar surface area (TPSA) is 35.0 Å². The summed E-state index contributed by atoms with van der Waals surface area (Å²) < 4.78 is 5.35. The van der Waals surface area contributed by atoms with Gasteiger partial charge in [0.25, 0.3) is 0 Å². The van der Waals surface area contributed by atoms with E-state index < -0.39 is 0 Å². The first-order chi connectivity index (χ1) is 11.6. The molecule has 0 amide bonds. The average molecular weight is 357 g/mol. The molecule has 3 rings (SSSR count). The molecule has 0 fully saturated rings. The highest BCUT2D eigenvalue weighted by Gasteiger charge is 2.13. The molecule has 124 valence electrons. The fourth-order valence-corrected chi connectivity index (χ4v) is 4.19. The zero-order valence-corrected chi connectivity index (χ0v) is 15.9. The van der Waals surface area contributed by atoms with Gasteiger partial charge in [-0.3, -0.25) is 0 Å². The fraction of sp³-hybridized carbons (Fsp3) is 0.263. The number of hydrogen-bond acceptors (Lipinski definition) is 5. The number of rotatable bonds is 5. The Morgan fingerprint density at radius 2 is 1.92 bits per heavy atom. The van der Waals surface area contributed by atoms with Gasteiger partial charge in [0, 0.05) is 22.7 Å². The molecule has 2 aromatic heterocycles. The first kappa shape index (κ1) is 17.0. The van der Waals surface area contributed by atoms with Gasteiger partial charge in [0.1, 0.15) is 10.8 Å². The minimum atomic E-state index is 0.888. The van der Waals surface area contributed by atoms with Gasteiger partial charge >= 0.3 is 0 Å². The maximum Gasteiger partial charge on any atom is 0.124 e. The van der Waals surface area contributed by atoms with Crippen molar-refractivity contribution in [1.82, 2.24) is 9.97 Å². The Hall–Kier alpha value is -1.85. The van der Waals surface area contributed by atoms with E-state index in [1.54, 1.807) is 30.2 Å². The smallest absolute Gasteiger partial charge is 0.124 e. The number of thioether (sulfide) groups is 1. The number of aromatic nitrogens is 2. The lowest BCUT2D eigenvalue weighted by Crippen LogP contribution is -1.92. The molecular weight excluding hydrogens is 336 g/mol. The van der Waals surface area contributed by atoms with E-state index in [0.717, 1.165) is 32.8 Å². The lowest BCUT2D eigenvalue weighted by atomic mass is 10.0. The van der Waals surface area contributed by atoms with Crippen LogP contribution in [0.15, 0.2) is 40.9 Å². The van der Waals surface area contributed by atoms with Gasteiger partial charge in [-0.1, -0.05) is 6.92 Å². The van der Waals surface area contributed by atoms with E-state index in [4.69, 9.17) is 9.72 Å². The van der Waals surface area contributed by atoms with Crippen molar-refractivity contribution in [2.24, 2.45) is 0 Å². The van der Waals surface area contributed by atoms with E-state index in [-0.39, 0.29) is 0 Å². The number of benzene rings is 1. The molecule has 0 N–H and O–H groups in total. The van der Waals surface area contributed by atoms with Gasteiger partial charge in [0.2, 0.25) is 0 Å². The second kappa shape index (κ2) is 7.36. The zero-order chi connectivity index (χ0) is 17.1. The number of thiazole rings is 1. The van der Waals surface area contributed by atoms with Gasteiger partial charge < -0.3 is 4.74 Å². The summed E-state index contributed by atoms with van der Waals surface area (Å²) >= 11 is 3.42. The van der Waals surface area contributed by atoms with Crippen LogP contribution in [0.5, 0.6) is 5.75 Å². The standard InChI is InChI=1S/C19H20N2OS2/c1-5-23-17-10-14(6-7-20-17)19-21-16(11-24-19)18-12(2)8-15(22-4)9-13(18)3/h6-11H,5H2,1-4H3. The molecule has 24 heavy (non-hydrogen) atoms. The van der Waals surface area contributed by atoms with Crippen LogP contribution in [0.25, 0.3) is 21.8 Å². The van der Waals surface area contributed by atoms with E-state index in [1.807, 2.05) is 12.3 Å². The summed E-state index contributed by atoms with van der Waals surface area (Å²) in [6, 6.07) is 8.26. The van der Waals surface area contributed by atoms with Crippen molar-refractivity contribution in [3.8, 4) is 27.6 Å². The molecular formula is C19H20N2OS2. The summed E-state index contributed by atoms with van der Waals surface area (Å²) in [5, 5.41) is 4.20. The lowest BCUT2D eigenvalue weighted by molar-refractivity contribution is 0.414. The Bertz CT molecular complexity index is 835. The number of hydrogen-bond donors (Lipinski definition) is 0. The van der Waals surface area contributed by atoms with Crippen LogP contribution in [-0.2, 0) is 0 Å². The molecule has 0 atom stereocenters. The van der Waals surface area contributed by atoms with E-state index >= 15 is 0 Å². The first-order valence-electron chi connectivity index (χ1n) is 7.82. The maximum atomic E-state index is 5.35. The Morgan fingerprint density at radius 1 is 1.17 bits per heavy atom. The fourth-order valence-electron chi connectivity index (χ4n) is 2.74. The third-order valence-electron chi connectivity index (χ3n) is 3.78. The number of pyridine rings is 1. The van der Waals surface area contributed by atoms with Crippen molar-refractivity contribution >= 4 is 23.1 Å². The van der Waals surface area contributed by atoms with E-state index in [0.29, 0.717) is 0 Å². The van der Waals surface area contributed by atoms with Crippen LogP contribution < -0.4 is 4.74 Å². The molecule has 0 saturated heterocycles. The van der Waals surface area contributed by atoms with Crippen LogP contribution in [0.3, 0.4) is 0 Å². The third-order valence-corrected chi connectivity index (χ3v) is 5.48. The summed E-state index contributed by atoms with van der Waals surface area (Å²) in [4.78, 5) is 9.26. The molecule has 0 aliphatic carbocycles. The summed E-state index contributed by atoms with van der Waals surface area (Å²) in [5.41, 5.74) is 5.70. The second-order valence-corrected chi connectivity index (χ2v) is 7.63. The largest absolute Gasteiger partial charge is 0.497 e. The predicted octanol–water partition coefficient (Wildman–Crippen LogP) is 5.61. The molecule has 5 heteroatoms. The van der Waals surface area contributed by atoms with Crippen LogP contribution in [0.4, 0.5) is 0 Å². The van der Waals surface area contributed by atoms with Crippen molar-refractivity contribution in [3.05, 3.63) is 47.0 Å². The Kier molecular flexibility index (Phi) is 5.21. The zero-order valence-electron chi connectivity index (χ0n) is 14.3. The van der Waals surface area contributed by atoms with E-state index in [1.165, 1.54) is 16.7 Å². The van der Waals surface area contributed by atoms with Crippen molar-refractivity contribution in [2.75, 3.05) is 12.9 Å². The molecule has 0 aliphatic heterocycles. The van der Waals surface area contributed by atoms with E-state index in [2.05, 4.69) is 49.3 Å². The van der Waals surface area contributed by atoms with Gasteiger partial charge in [0.05, 0.1) is 17.8 Å². The van der Waals surface area contributed by atoms with Crippen molar-refractivity contribution in [1.29, 1.82) is 0 Å². The molecule has 3 aromatic rings. The number of methoxy groups -OCH3 is 1. The molecule has 0 unspecified atom stereocenters. The molecule has 0 radical (unpaired) electrons. The van der Waals surface area contributed by atoms with Gasteiger partial charge in [-0.2, -0.15) is 0 Å². The van der Waals surface area contributed by atoms with Crippen molar-refractivity contribution in [3.63, 3.8) is 0 Å². The second-order valence-electron chi connectivity index (χ2n) is 5.49. The van der Waals surface area contributed by atoms with Crippen LogP contribution >= 0.6 is 23.1 Å². The minimum absolute atomic E-state index is 0.888. The number of nitrogens with zero attached hydrogens (tertiary/aromatic N) is 2. The maximum absolute atomic E-state index is 5.35. The van der Waals surface area contributed by atoms with Gasteiger partial charge in [-0.05, 0) is 55.0 Å². The summed E-state index contributed by atoms with van der Waals surface area (Å²) in [7, 11) is 1.70.